The molecule has 0 fully saturated rings. The van der Waals surface area contributed by atoms with Crippen molar-refractivity contribution < 1.29 is 18.8 Å². The first-order valence-electron chi connectivity index (χ1n) is 10.4. The van der Waals surface area contributed by atoms with E-state index in [2.05, 4.69) is 10.6 Å². The highest BCUT2D eigenvalue weighted by molar-refractivity contribution is 7.12. The maximum absolute atomic E-state index is 13.6. The van der Waals surface area contributed by atoms with E-state index in [0.717, 1.165) is 0 Å². The molecule has 3 amide bonds. The van der Waals surface area contributed by atoms with E-state index in [1.54, 1.807) is 41.8 Å². The van der Waals surface area contributed by atoms with Gasteiger partial charge in [0.25, 0.3) is 5.91 Å². The predicted octanol–water partition coefficient (Wildman–Crippen LogP) is 4.31. The molecule has 8 heteroatoms. The molecule has 0 spiro atoms. The second kappa shape index (κ2) is 10.4. The van der Waals surface area contributed by atoms with E-state index in [-0.39, 0.29) is 12.5 Å². The Bertz CT molecular complexity index is 1090. The zero-order chi connectivity index (χ0) is 24.0. The molecule has 0 aliphatic heterocycles. The van der Waals surface area contributed by atoms with Gasteiger partial charge in [0.1, 0.15) is 11.9 Å². The van der Waals surface area contributed by atoms with Crippen LogP contribution in [0.15, 0.2) is 72.1 Å². The summed E-state index contributed by atoms with van der Waals surface area (Å²) in [7, 11) is 0. The van der Waals surface area contributed by atoms with Gasteiger partial charge < -0.3 is 10.6 Å². The Kier molecular flexibility index (Phi) is 7.60. The summed E-state index contributed by atoms with van der Waals surface area (Å²) >= 11 is 1.26. The number of thiophene rings is 1. The summed E-state index contributed by atoms with van der Waals surface area (Å²) < 4.78 is 13.6. The molecule has 1 heterocycles. The largest absolute Gasteiger partial charge is 0.349 e. The maximum Gasteiger partial charge on any atom is 0.261 e. The number of benzene rings is 2. The Morgan fingerprint density at radius 3 is 2.21 bits per heavy atom. The number of rotatable bonds is 7. The second-order valence-corrected chi connectivity index (χ2v) is 9.40. The molecule has 0 aliphatic rings. The van der Waals surface area contributed by atoms with Crippen LogP contribution in [0.25, 0.3) is 0 Å². The van der Waals surface area contributed by atoms with Gasteiger partial charge in [0, 0.05) is 11.2 Å². The number of nitrogens with zero attached hydrogens (tertiary/aromatic N) is 1. The highest BCUT2D eigenvalue weighted by Crippen LogP contribution is 2.29. The van der Waals surface area contributed by atoms with Gasteiger partial charge in [0.15, 0.2) is 0 Å². The normalized spacial score (nSPS) is 12.0. The summed E-state index contributed by atoms with van der Waals surface area (Å²) in [6.07, 6.45) is 0. The summed E-state index contributed by atoms with van der Waals surface area (Å²) in [5.74, 6) is -1.75. The SMILES string of the molecule is CC(C)(C)NC(=O)C(c1ccccc1)N(C(=O)CNC(=O)c1cccs1)c1ccc(F)cc1. The van der Waals surface area contributed by atoms with Crippen molar-refractivity contribution in [1.29, 1.82) is 0 Å². The molecule has 0 radical (unpaired) electrons. The molecule has 0 saturated carbocycles. The van der Waals surface area contributed by atoms with Gasteiger partial charge in [0.05, 0.1) is 11.4 Å². The monoisotopic (exact) mass is 467 g/mol. The van der Waals surface area contributed by atoms with Crippen molar-refractivity contribution in [2.24, 2.45) is 0 Å². The zero-order valence-electron chi connectivity index (χ0n) is 18.7. The lowest BCUT2D eigenvalue weighted by Gasteiger charge is -2.34. The first kappa shape index (κ1) is 24.1. The van der Waals surface area contributed by atoms with Gasteiger partial charge in [-0.05, 0) is 62.0 Å². The smallest absolute Gasteiger partial charge is 0.261 e. The van der Waals surface area contributed by atoms with Gasteiger partial charge in [-0.15, -0.1) is 11.3 Å². The van der Waals surface area contributed by atoms with Crippen molar-refractivity contribution in [1.82, 2.24) is 10.6 Å². The number of hydrogen-bond donors (Lipinski definition) is 2. The first-order valence-corrected chi connectivity index (χ1v) is 11.3. The Morgan fingerprint density at radius 1 is 0.970 bits per heavy atom. The molecule has 1 aromatic heterocycles. The molecule has 2 aromatic carbocycles. The molecule has 2 N–H and O–H groups in total. The quantitative estimate of drug-likeness (QED) is 0.544. The molecule has 6 nitrogen and oxygen atoms in total. The third-order valence-electron chi connectivity index (χ3n) is 4.64. The van der Waals surface area contributed by atoms with Crippen LogP contribution in [0.2, 0.25) is 0 Å². The van der Waals surface area contributed by atoms with Crippen LogP contribution in [-0.4, -0.2) is 29.8 Å². The van der Waals surface area contributed by atoms with Crippen LogP contribution < -0.4 is 15.5 Å². The highest BCUT2D eigenvalue weighted by atomic mass is 32.1. The highest BCUT2D eigenvalue weighted by Gasteiger charge is 2.34. The van der Waals surface area contributed by atoms with E-state index in [1.165, 1.54) is 40.5 Å². The van der Waals surface area contributed by atoms with Gasteiger partial charge in [-0.1, -0.05) is 36.4 Å². The molecule has 1 atom stereocenters. The average molecular weight is 468 g/mol. The zero-order valence-corrected chi connectivity index (χ0v) is 19.5. The van der Waals surface area contributed by atoms with Crippen LogP contribution in [0, 0.1) is 5.82 Å². The number of amides is 3. The molecule has 1 unspecified atom stereocenters. The van der Waals surface area contributed by atoms with E-state index in [4.69, 9.17) is 0 Å². The lowest BCUT2D eigenvalue weighted by atomic mass is 10.0. The summed E-state index contributed by atoms with van der Waals surface area (Å²) in [6.45, 7) is 5.20. The van der Waals surface area contributed by atoms with Crippen LogP contribution in [0.5, 0.6) is 0 Å². The second-order valence-electron chi connectivity index (χ2n) is 8.45. The molecular formula is C25H26FN3O3S. The Labute approximate surface area is 196 Å². The topological polar surface area (TPSA) is 78.5 Å². The van der Waals surface area contributed by atoms with Gasteiger partial charge in [0.2, 0.25) is 11.8 Å². The van der Waals surface area contributed by atoms with Gasteiger partial charge in [-0.25, -0.2) is 4.39 Å². The van der Waals surface area contributed by atoms with E-state index < -0.39 is 29.2 Å². The van der Waals surface area contributed by atoms with Crippen molar-refractivity contribution >= 4 is 34.7 Å². The minimum absolute atomic E-state index is 0.333. The first-order chi connectivity index (χ1) is 15.7. The fraction of sp³-hybridized carbons (Fsp3) is 0.240. The standard InChI is InChI=1S/C25H26FN3O3S/c1-25(2,3)28-24(32)22(17-8-5-4-6-9-17)29(19-13-11-18(26)12-14-19)21(30)16-27-23(31)20-10-7-15-33-20/h4-15,22H,16H2,1-3H3,(H,27,31)(H,28,32). The number of nitrogens with one attached hydrogen (secondary N) is 2. The number of hydrogen-bond acceptors (Lipinski definition) is 4. The van der Waals surface area contributed by atoms with Gasteiger partial charge in [-0.2, -0.15) is 0 Å². The predicted molar refractivity (Wildman–Crippen MR) is 128 cm³/mol. The molecule has 172 valence electrons. The summed E-state index contributed by atoms with van der Waals surface area (Å²) in [6, 6.07) is 16.6. The summed E-state index contributed by atoms with van der Waals surface area (Å²) in [5.41, 5.74) is 0.376. The Morgan fingerprint density at radius 2 is 1.64 bits per heavy atom. The molecule has 33 heavy (non-hydrogen) atoms. The van der Waals surface area contributed by atoms with Crippen LogP contribution in [0.3, 0.4) is 0 Å². The van der Waals surface area contributed by atoms with Crippen LogP contribution in [0.1, 0.15) is 42.0 Å². The van der Waals surface area contributed by atoms with Crippen LogP contribution in [0.4, 0.5) is 10.1 Å². The Hall–Kier alpha value is -3.52. The van der Waals surface area contributed by atoms with Gasteiger partial charge >= 0.3 is 0 Å². The van der Waals surface area contributed by atoms with Crippen molar-refractivity contribution in [3.8, 4) is 0 Å². The molecule has 0 bridgehead atoms. The fourth-order valence-electron chi connectivity index (χ4n) is 3.27. The lowest BCUT2D eigenvalue weighted by Crippen LogP contribution is -2.51. The number of carbonyl (C=O) groups excluding carboxylic acids is 3. The third-order valence-corrected chi connectivity index (χ3v) is 5.51. The van der Waals surface area contributed by atoms with Crippen molar-refractivity contribution in [3.63, 3.8) is 0 Å². The van der Waals surface area contributed by atoms with Crippen LogP contribution >= 0.6 is 11.3 Å². The van der Waals surface area contributed by atoms with E-state index in [9.17, 15) is 18.8 Å². The minimum Gasteiger partial charge on any atom is -0.349 e. The van der Waals surface area contributed by atoms with Crippen molar-refractivity contribution in [2.45, 2.75) is 32.4 Å². The summed E-state index contributed by atoms with van der Waals surface area (Å²) in [5, 5.41) is 7.31. The van der Waals surface area contributed by atoms with Crippen LogP contribution in [-0.2, 0) is 9.59 Å². The van der Waals surface area contributed by atoms with Crippen molar-refractivity contribution in [2.75, 3.05) is 11.4 Å². The number of carbonyl (C=O) groups is 3. The van der Waals surface area contributed by atoms with E-state index in [0.29, 0.717) is 16.1 Å². The fourth-order valence-corrected chi connectivity index (χ4v) is 3.91. The van der Waals surface area contributed by atoms with Gasteiger partial charge in [-0.3, -0.25) is 19.3 Å². The molecule has 0 saturated heterocycles. The third kappa shape index (κ3) is 6.49. The summed E-state index contributed by atoms with van der Waals surface area (Å²) in [4.78, 5) is 41.0. The molecule has 3 rings (SSSR count). The minimum atomic E-state index is -1.03. The number of halogens is 1. The van der Waals surface area contributed by atoms with Crippen molar-refractivity contribution in [3.05, 3.63) is 88.4 Å². The lowest BCUT2D eigenvalue weighted by molar-refractivity contribution is -0.127. The number of anilines is 1. The molecular weight excluding hydrogens is 441 g/mol. The molecule has 0 aliphatic carbocycles. The van der Waals surface area contributed by atoms with E-state index in [1.807, 2.05) is 26.8 Å². The average Bonchev–Trinajstić information content (AvgIpc) is 3.31. The Balaban J connectivity index is 1.98. The maximum atomic E-state index is 13.6. The van der Waals surface area contributed by atoms with E-state index >= 15 is 0 Å². The molecule has 3 aromatic rings.